The predicted molar refractivity (Wildman–Crippen MR) is 103 cm³/mol. The molecule has 0 spiro atoms. The number of anilines is 3. The van der Waals surface area contributed by atoms with Gasteiger partial charge in [0.25, 0.3) is 0 Å². The molecule has 0 atom stereocenters. The van der Waals surface area contributed by atoms with Gasteiger partial charge in [-0.2, -0.15) is 4.31 Å². The summed E-state index contributed by atoms with van der Waals surface area (Å²) in [4.78, 5) is 18.8. The van der Waals surface area contributed by atoms with Gasteiger partial charge in [-0.25, -0.2) is 18.4 Å². The van der Waals surface area contributed by atoms with Crippen molar-refractivity contribution < 1.29 is 13.3 Å². The summed E-state index contributed by atoms with van der Waals surface area (Å²) in [5.41, 5.74) is 0.192. The van der Waals surface area contributed by atoms with Gasteiger partial charge >= 0.3 is 5.69 Å². The molecule has 2 aromatic rings. The summed E-state index contributed by atoms with van der Waals surface area (Å²) in [7, 11) is -3.56. The van der Waals surface area contributed by atoms with E-state index in [-0.39, 0.29) is 22.2 Å². The summed E-state index contributed by atoms with van der Waals surface area (Å²) in [5, 5.41) is 17.1. The van der Waals surface area contributed by atoms with Crippen LogP contribution in [0.1, 0.15) is 20.8 Å². The number of nitrogens with one attached hydrogen (secondary N) is 2. The van der Waals surface area contributed by atoms with Crippen LogP contribution >= 0.6 is 0 Å². The molecule has 146 valence electrons. The number of sulfonamides is 1. The highest BCUT2D eigenvalue weighted by Gasteiger charge is 2.24. The molecule has 0 aliphatic heterocycles. The lowest BCUT2D eigenvalue weighted by atomic mass is 10.3. The number of rotatable bonds is 9. The van der Waals surface area contributed by atoms with Gasteiger partial charge in [0, 0.05) is 25.3 Å². The topological polar surface area (TPSA) is 130 Å². The van der Waals surface area contributed by atoms with E-state index in [0.717, 1.165) is 0 Å². The third-order valence-electron chi connectivity index (χ3n) is 3.81. The average Bonchev–Trinajstić information content (AvgIpc) is 2.63. The van der Waals surface area contributed by atoms with Crippen LogP contribution in [0.15, 0.2) is 35.5 Å². The van der Waals surface area contributed by atoms with Gasteiger partial charge in [0.05, 0.1) is 9.82 Å². The maximum atomic E-state index is 12.5. The molecule has 0 aliphatic rings. The summed E-state index contributed by atoms with van der Waals surface area (Å²) in [6.45, 7) is 6.56. The van der Waals surface area contributed by atoms with E-state index in [2.05, 4.69) is 20.6 Å². The molecule has 1 heterocycles. The minimum atomic E-state index is -3.56. The van der Waals surface area contributed by atoms with E-state index in [1.54, 1.807) is 20.8 Å². The first-order chi connectivity index (χ1) is 12.8. The first-order valence-corrected chi connectivity index (χ1v) is 9.89. The Labute approximate surface area is 157 Å². The van der Waals surface area contributed by atoms with Crippen molar-refractivity contribution in [3.8, 4) is 0 Å². The highest BCUT2D eigenvalue weighted by molar-refractivity contribution is 7.89. The van der Waals surface area contributed by atoms with Gasteiger partial charge in [-0.1, -0.05) is 13.8 Å². The molecule has 1 aromatic heterocycles. The number of nitrogens with zero attached hydrogens (tertiary/aromatic N) is 4. The zero-order chi connectivity index (χ0) is 20.0. The monoisotopic (exact) mass is 394 g/mol. The summed E-state index contributed by atoms with van der Waals surface area (Å²) in [6.07, 6.45) is 1.21. The normalized spacial score (nSPS) is 11.4. The fourth-order valence-corrected chi connectivity index (χ4v) is 3.96. The van der Waals surface area contributed by atoms with Crippen LogP contribution in [-0.2, 0) is 10.0 Å². The Morgan fingerprint density at radius 1 is 1.07 bits per heavy atom. The second kappa shape index (κ2) is 8.73. The van der Waals surface area contributed by atoms with Gasteiger partial charge in [-0.05, 0) is 31.2 Å². The molecule has 2 rings (SSSR count). The average molecular weight is 394 g/mol. The summed E-state index contributed by atoms with van der Waals surface area (Å²) in [5.74, 6) is 0.131. The molecule has 0 saturated heterocycles. The maximum absolute atomic E-state index is 12.5. The van der Waals surface area contributed by atoms with Crippen molar-refractivity contribution in [2.45, 2.75) is 25.7 Å². The summed E-state index contributed by atoms with van der Waals surface area (Å²) >= 11 is 0. The van der Waals surface area contributed by atoms with Gasteiger partial charge in [-0.3, -0.25) is 10.1 Å². The second-order valence-electron chi connectivity index (χ2n) is 5.45. The lowest BCUT2D eigenvalue weighted by Gasteiger charge is -2.18. The van der Waals surface area contributed by atoms with Crippen LogP contribution in [0.5, 0.6) is 0 Å². The number of aromatic nitrogens is 2. The minimum Gasteiger partial charge on any atom is -0.364 e. The molecule has 0 bridgehead atoms. The first-order valence-electron chi connectivity index (χ1n) is 8.45. The molecule has 27 heavy (non-hydrogen) atoms. The molecule has 0 unspecified atom stereocenters. The van der Waals surface area contributed by atoms with Gasteiger partial charge in [0.1, 0.15) is 6.33 Å². The predicted octanol–water partition coefficient (Wildman–Crippen LogP) is 2.59. The molecule has 0 radical (unpaired) electrons. The van der Waals surface area contributed by atoms with Crippen molar-refractivity contribution in [2.75, 3.05) is 30.3 Å². The highest BCUT2D eigenvalue weighted by atomic mass is 32.2. The van der Waals surface area contributed by atoms with E-state index in [4.69, 9.17) is 0 Å². The van der Waals surface area contributed by atoms with Crippen LogP contribution in [0.25, 0.3) is 0 Å². The van der Waals surface area contributed by atoms with E-state index in [9.17, 15) is 18.5 Å². The molecule has 10 nitrogen and oxygen atoms in total. The lowest BCUT2D eigenvalue weighted by Crippen LogP contribution is -2.30. The zero-order valence-corrected chi connectivity index (χ0v) is 16.2. The number of nitro groups is 1. The third kappa shape index (κ3) is 4.49. The van der Waals surface area contributed by atoms with Crippen molar-refractivity contribution in [3.05, 3.63) is 40.7 Å². The Kier molecular flexibility index (Phi) is 6.64. The van der Waals surface area contributed by atoms with Crippen molar-refractivity contribution in [1.82, 2.24) is 14.3 Å². The van der Waals surface area contributed by atoms with E-state index in [1.165, 1.54) is 34.9 Å². The van der Waals surface area contributed by atoms with Crippen LogP contribution < -0.4 is 10.6 Å². The smallest absolute Gasteiger partial charge is 0.353 e. The maximum Gasteiger partial charge on any atom is 0.353 e. The summed E-state index contributed by atoms with van der Waals surface area (Å²) < 4.78 is 26.4. The second-order valence-corrected chi connectivity index (χ2v) is 7.38. The van der Waals surface area contributed by atoms with Crippen LogP contribution in [0.2, 0.25) is 0 Å². The van der Waals surface area contributed by atoms with Crippen LogP contribution in [-0.4, -0.2) is 47.2 Å². The van der Waals surface area contributed by atoms with Gasteiger partial charge < -0.3 is 10.6 Å². The molecule has 0 aliphatic carbocycles. The van der Waals surface area contributed by atoms with Crippen molar-refractivity contribution >= 4 is 33.0 Å². The number of benzene rings is 1. The van der Waals surface area contributed by atoms with Gasteiger partial charge in [-0.15, -0.1) is 0 Å². The molecular formula is C16H22N6O4S. The van der Waals surface area contributed by atoms with E-state index in [1.807, 2.05) is 0 Å². The van der Waals surface area contributed by atoms with Crippen molar-refractivity contribution in [2.24, 2.45) is 0 Å². The van der Waals surface area contributed by atoms with Crippen LogP contribution in [0, 0.1) is 10.1 Å². The summed E-state index contributed by atoms with van der Waals surface area (Å²) in [6, 6.07) is 5.98. The SMILES string of the molecule is CCNc1ncnc(Nc2ccc(S(=O)(=O)N(CC)CC)cc2)c1[N+](=O)[O-]. The first kappa shape index (κ1) is 20.5. The fourth-order valence-electron chi connectivity index (χ4n) is 2.50. The van der Waals surface area contributed by atoms with Crippen molar-refractivity contribution in [1.29, 1.82) is 0 Å². The quantitative estimate of drug-likeness (QED) is 0.490. The van der Waals surface area contributed by atoms with Gasteiger partial charge in [0.15, 0.2) is 0 Å². The van der Waals surface area contributed by atoms with Crippen molar-refractivity contribution in [3.63, 3.8) is 0 Å². The Bertz CT molecular complexity index is 898. The molecule has 0 amide bonds. The Hall–Kier alpha value is -2.79. The Morgan fingerprint density at radius 3 is 2.19 bits per heavy atom. The molecule has 11 heteroatoms. The number of hydrogen-bond acceptors (Lipinski definition) is 8. The minimum absolute atomic E-state index is 0.0188. The molecule has 0 fully saturated rings. The third-order valence-corrected chi connectivity index (χ3v) is 5.87. The van der Waals surface area contributed by atoms with Gasteiger partial charge in [0.2, 0.25) is 21.7 Å². The molecule has 2 N–H and O–H groups in total. The van der Waals surface area contributed by atoms with E-state index in [0.29, 0.717) is 25.3 Å². The Morgan fingerprint density at radius 2 is 1.67 bits per heavy atom. The highest BCUT2D eigenvalue weighted by Crippen LogP contribution is 2.31. The Balaban J connectivity index is 2.33. The largest absolute Gasteiger partial charge is 0.364 e. The lowest BCUT2D eigenvalue weighted by molar-refractivity contribution is -0.383. The van der Waals surface area contributed by atoms with Crippen LogP contribution in [0.4, 0.5) is 23.0 Å². The zero-order valence-electron chi connectivity index (χ0n) is 15.3. The molecular weight excluding hydrogens is 372 g/mol. The molecule has 0 saturated carbocycles. The number of hydrogen-bond donors (Lipinski definition) is 2. The fraction of sp³-hybridized carbons (Fsp3) is 0.375. The molecule has 1 aromatic carbocycles. The standard InChI is InChI=1S/C16H22N6O4S/c1-4-17-15-14(22(23)24)16(19-11-18-15)20-12-7-9-13(10-8-12)27(25,26)21(5-2)6-3/h7-11H,4-6H2,1-3H3,(H2,17,18,19,20). The van der Waals surface area contributed by atoms with E-state index >= 15 is 0 Å². The van der Waals surface area contributed by atoms with Crippen LogP contribution in [0.3, 0.4) is 0 Å². The van der Waals surface area contributed by atoms with E-state index < -0.39 is 14.9 Å².